The van der Waals surface area contributed by atoms with Crippen LogP contribution >= 0.6 is 0 Å². The number of sulfone groups is 1. The molecule has 0 fully saturated rings. The first-order valence-electron chi connectivity index (χ1n) is 6.00. The third kappa shape index (κ3) is 3.95. The van der Waals surface area contributed by atoms with Crippen molar-refractivity contribution in [3.05, 3.63) is 11.3 Å². The number of carbonyl (C=O) groups excluding carboxylic acids is 1. The molecule has 1 aromatic heterocycles. The Morgan fingerprint density at radius 3 is 2.53 bits per heavy atom. The van der Waals surface area contributed by atoms with Gasteiger partial charge in [-0.3, -0.25) is 0 Å². The van der Waals surface area contributed by atoms with Crippen LogP contribution in [0.2, 0.25) is 0 Å². The van der Waals surface area contributed by atoms with Crippen LogP contribution in [-0.4, -0.2) is 42.8 Å². The Hall–Kier alpha value is -1.57. The number of carbonyl (C=O) groups is 1. The quantitative estimate of drug-likeness (QED) is 0.753. The zero-order valence-electron chi connectivity index (χ0n) is 11.3. The van der Waals surface area contributed by atoms with Gasteiger partial charge in [-0.2, -0.15) is 5.10 Å². The number of hydrogen-bond acceptors (Lipinski definition) is 6. The van der Waals surface area contributed by atoms with Gasteiger partial charge in [0, 0.05) is 6.26 Å². The monoisotopic (exact) mass is 289 g/mol. The molecule has 0 amide bonds. The molecule has 1 aromatic rings. The molecule has 0 aliphatic rings. The summed E-state index contributed by atoms with van der Waals surface area (Å²) in [4.78, 5) is 11.8. The van der Waals surface area contributed by atoms with Gasteiger partial charge in [0.1, 0.15) is 21.2 Å². The van der Waals surface area contributed by atoms with Crippen molar-refractivity contribution < 1.29 is 17.9 Å². The molecule has 0 atom stereocenters. The van der Waals surface area contributed by atoms with E-state index in [0.717, 1.165) is 6.26 Å². The van der Waals surface area contributed by atoms with Crippen LogP contribution in [0.25, 0.3) is 0 Å². The summed E-state index contributed by atoms with van der Waals surface area (Å²) in [5.41, 5.74) is 6.60. The van der Waals surface area contributed by atoms with E-state index in [-0.39, 0.29) is 30.3 Å². The van der Waals surface area contributed by atoms with Crippen LogP contribution in [-0.2, 0) is 27.5 Å². The Balaban J connectivity index is 3.06. The second-order valence-corrected chi connectivity index (χ2v) is 6.39. The Morgan fingerprint density at radius 1 is 1.42 bits per heavy atom. The van der Waals surface area contributed by atoms with E-state index in [1.165, 1.54) is 4.68 Å². The standard InChI is InChI=1S/C11H19N3O4S/c1-4-8-9(11(15)18-5-2)10(12)14(13-8)6-7-19(3,16)17/h4-7,12H2,1-3H3. The highest BCUT2D eigenvalue weighted by Crippen LogP contribution is 2.19. The Labute approximate surface area is 112 Å². The van der Waals surface area contributed by atoms with E-state index in [2.05, 4.69) is 5.10 Å². The van der Waals surface area contributed by atoms with E-state index in [0.29, 0.717) is 12.1 Å². The fourth-order valence-electron chi connectivity index (χ4n) is 1.62. The summed E-state index contributed by atoms with van der Waals surface area (Å²) >= 11 is 0. The number of aryl methyl sites for hydroxylation is 2. The van der Waals surface area contributed by atoms with Crippen LogP contribution in [0, 0.1) is 0 Å². The summed E-state index contributed by atoms with van der Waals surface area (Å²) in [7, 11) is -3.11. The van der Waals surface area contributed by atoms with Crippen LogP contribution in [0.1, 0.15) is 29.9 Å². The van der Waals surface area contributed by atoms with Crippen molar-refractivity contribution in [1.82, 2.24) is 9.78 Å². The molecule has 1 heterocycles. The molecule has 0 unspecified atom stereocenters. The molecule has 1 rings (SSSR count). The van der Waals surface area contributed by atoms with Crippen molar-refractivity contribution in [3.63, 3.8) is 0 Å². The minimum atomic E-state index is -3.11. The highest BCUT2D eigenvalue weighted by atomic mass is 32.2. The van der Waals surface area contributed by atoms with Crippen LogP contribution in [0.4, 0.5) is 5.82 Å². The average molecular weight is 289 g/mol. The number of aromatic nitrogens is 2. The van der Waals surface area contributed by atoms with E-state index < -0.39 is 15.8 Å². The van der Waals surface area contributed by atoms with Crippen LogP contribution in [0.5, 0.6) is 0 Å². The normalized spacial score (nSPS) is 11.5. The molecule has 0 saturated heterocycles. The Morgan fingerprint density at radius 2 is 2.05 bits per heavy atom. The van der Waals surface area contributed by atoms with Crippen LogP contribution in [0.3, 0.4) is 0 Å². The average Bonchev–Trinajstić information content (AvgIpc) is 2.62. The highest BCUT2D eigenvalue weighted by Gasteiger charge is 2.22. The first-order chi connectivity index (χ1) is 8.80. The molecule has 108 valence electrons. The van der Waals surface area contributed by atoms with Gasteiger partial charge in [0.2, 0.25) is 0 Å². The van der Waals surface area contributed by atoms with Crippen molar-refractivity contribution in [3.8, 4) is 0 Å². The van der Waals surface area contributed by atoms with Crippen molar-refractivity contribution in [2.24, 2.45) is 0 Å². The third-order valence-electron chi connectivity index (χ3n) is 2.55. The summed E-state index contributed by atoms with van der Waals surface area (Å²) in [6.07, 6.45) is 1.66. The molecule has 8 heteroatoms. The zero-order chi connectivity index (χ0) is 14.6. The molecule has 7 nitrogen and oxygen atoms in total. The molecule has 0 radical (unpaired) electrons. The maximum absolute atomic E-state index is 11.8. The molecular weight excluding hydrogens is 270 g/mol. The fourth-order valence-corrected chi connectivity index (χ4v) is 2.13. The van der Waals surface area contributed by atoms with Crippen LogP contribution < -0.4 is 5.73 Å². The van der Waals surface area contributed by atoms with Gasteiger partial charge in [-0.25, -0.2) is 17.9 Å². The Kier molecular flexibility index (Phi) is 4.93. The second-order valence-electron chi connectivity index (χ2n) is 4.13. The van der Waals surface area contributed by atoms with Crippen LogP contribution in [0.15, 0.2) is 0 Å². The molecule has 0 aliphatic heterocycles. The lowest BCUT2D eigenvalue weighted by molar-refractivity contribution is 0.0526. The molecule has 0 bridgehead atoms. The van der Waals surface area contributed by atoms with Crippen molar-refractivity contribution >= 4 is 21.6 Å². The van der Waals surface area contributed by atoms with E-state index >= 15 is 0 Å². The molecule has 0 saturated carbocycles. The van der Waals surface area contributed by atoms with Gasteiger partial charge < -0.3 is 10.5 Å². The van der Waals surface area contributed by atoms with E-state index in [1.807, 2.05) is 6.92 Å². The van der Waals surface area contributed by atoms with Gasteiger partial charge in [0.15, 0.2) is 0 Å². The van der Waals surface area contributed by atoms with Gasteiger partial charge >= 0.3 is 5.97 Å². The highest BCUT2D eigenvalue weighted by molar-refractivity contribution is 7.90. The summed E-state index contributed by atoms with van der Waals surface area (Å²) < 4.78 is 28.5. The van der Waals surface area contributed by atoms with Crippen molar-refractivity contribution in [2.75, 3.05) is 24.3 Å². The minimum absolute atomic E-state index is 0.0791. The van der Waals surface area contributed by atoms with E-state index in [4.69, 9.17) is 10.5 Å². The second kappa shape index (κ2) is 6.05. The number of rotatable bonds is 6. The number of esters is 1. The first-order valence-corrected chi connectivity index (χ1v) is 8.06. The molecule has 2 N–H and O–H groups in total. The lowest BCUT2D eigenvalue weighted by Crippen LogP contribution is -2.15. The summed E-state index contributed by atoms with van der Waals surface area (Å²) in [6.45, 7) is 3.91. The number of nitrogens with two attached hydrogens (primary N) is 1. The lowest BCUT2D eigenvalue weighted by atomic mass is 10.2. The number of nitrogen functional groups attached to an aromatic ring is 1. The number of anilines is 1. The molecular formula is C11H19N3O4S. The first kappa shape index (κ1) is 15.5. The summed E-state index contributed by atoms with van der Waals surface area (Å²) in [5.74, 6) is -0.453. The third-order valence-corrected chi connectivity index (χ3v) is 3.48. The fraction of sp³-hybridized carbons (Fsp3) is 0.636. The van der Waals surface area contributed by atoms with Gasteiger partial charge in [-0.1, -0.05) is 6.92 Å². The maximum Gasteiger partial charge on any atom is 0.343 e. The van der Waals surface area contributed by atoms with Gasteiger partial charge in [0.25, 0.3) is 0 Å². The topological polar surface area (TPSA) is 104 Å². The Bertz CT molecular complexity index is 563. The molecule has 19 heavy (non-hydrogen) atoms. The summed E-state index contributed by atoms with van der Waals surface area (Å²) in [5, 5.41) is 4.16. The predicted molar refractivity (Wildman–Crippen MR) is 71.7 cm³/mol. The van der Waals surface area contributed by atoms with Gasteiger partial charge in [-0.15, -0.1) is 0 Å². The van der Waals surface area contributed by atoms with Crippen molar-refractivity contribution in [1.29, 1.82) is 0 Å². The summed E-state index contributed by atoms with van der Waals surface area (Å²) in [6, 6.07) is 0. The zero-order valence-corrected chi connectivity index (χ0v) is 12.2. The van der Waals surface area contributed by atoms with E-state index in [1.54, 1.807) is 6.92 Å². The predicted octanol–water partition coefficient (Wildman–Crippen LogP) is 0.249. The van der Waals surface area contributed by atoms with E-state index in [9.17, 15) is 13.2 Å². The van der Waals surface area contributed by atoms with Gasteiger partial charge in [0.05, 0.1) is 24.6 Å². The molecule has 0 aromatic carbocycles. The maximum atomic E-state index is 11.8. The van der Waals surface area contributed by atoms with Crippen molar-refractivity contribution in [2.45, 2.75) is 26.8 Å². The molecule has 0 aliphatic carbocycles. The number of hydrogen-bond donors (Lipinski definition) is 1. The van der Waals surface area contributed by atoms with Gasteiger partial charge in [-0.05, 0) is 13.3 Å². The SMILES string of the molecule is CCOC(=O)c1c(CC)nn(CCS(C)(=O)=O)c1N. The lowest BCUT2D eigenvalue weighted by Gasteiger charge is -2.04. The number of ether oxygens (including phenoxy) is 1. The smallest absolute Gasteiger partial charge is 0.343 e. The number of nitrogens with zero attached hydrogens (tertiary/aromatic N) is 2. The molecule has 0 spiro atoms. The largest absolute Gasteiger partial charge is 0.462 e. The minimum Gasteiger partial charge on any atom is -0.462 e.